The summed E-state index contributed by atoms with van der Waals surface area (Å²) < 4.78 is 0. The Balaban J connectivity index is 2.38. The van der Waals surface area contributed by atoms with E-state index >= 15 is 0 Å². The Bertz CT molecular complexity index is 313. The van der Waals surface area contributed by atoms with E-state index in [1.165, 1.54) is 0 Å². The molecule has 1 rings (SSSR count). The molecule has 4 heteroatoms. The van der Waals surface area contributed by atoms with E-state index in [2.05, 4.69) is 0 Å². The molecule has 0 aliphatic carbocycles. The predicted molar refractivity (Wildman–Crippen MR) is 54.0 cm³/mol. The number of benzene rings is 1. The van der Waals surface area contributed by atoms with Gasteiger partial charge in [-0.25, -0.2) is 0 Å². The molecule has 0 aromatic heterocycles. The number of carbonyl (C=O) groups is 1. The summed E-state index contributed by atoms with van der Waals surface area (Å²) in [6, 6.07) is 8.75. The molecular formula is C11H14O4. The van der Waals surface area contributed by atoms with E-state index < -0.39 is 5.97 Å². The Hall–Kier alpha value is -1.23. The average molecular weight is 210 g/mol. The maximum Gasteiger partial charge on any atom is 0.275 e. The van der Waals surface area contributed by atoms with Crippen LogP contribution >= 0.6 is 0 Å². The maximum atomic E-state index is 11.5. The molecule has 0 saturated carbocycles. The second kappa shape index (κ2) is 5.02. The van der Waals surface area contributed by atoms with E-state index in [1.807, 2.05) is 6.07 Å². The Morgan fingerprint density at radius 3 is 2.27 bits per heavy atom. The molecule has 0 radical (unpaired) electrons. The van der Waals surface area contributed by atoms with Gasteiger partial charge in [-0.05, 0) is 6.42 Å². The van der Waals surface area contributed by atoms with Gasteiger partial charge in [0.05, 0.1) is 0 Å². The molecule has 0 aliphatic rings. The van der Waals surface area contributed by atoms with Crippen molar-refractivity contribution in [2.45, 2.75) is 25.2 Å². The molecule has 4 nitrogen and oxygen atoms in total. The Morgan fingerprint density at radius 1 is 1.13 bits per heavy atom. The van der Waals surface area contributed by atoms with Gasteiger partial charge in [0.25, 0.3) is 5.97 Å². The molecule has 0 atom stereocenters. The number of ketones is 1. The largest absolute Gasteiger partial charge is 0.344 e. The van der Waals surface area contributed by atoms with Crippen LogP contribution in [0.4, 0.5) is 0 Å². The first-order valence-electron chi connectivity index (χ1n) is 4.74. The van der Waals surface area contributed by atoms with Crippen molar-refractivity contribution in [3.8, 4) is 0 Å². The van der Waals surface area contributed by atoms with Crippen molar-refractivity contribution in [3.63, 3.8) is 0 Å². The lowest BCUT2D eigenvalue weighted by molar-refractivity contribution is -0.314. The fourth-order valence-electron chi connectivity index (χ4n) is 1.25. The predicted octanol–water partition coefficient (Wildman–Crippen LogP) is 0.670. The quantitative estimate of drug-likeness (QED) is 0.493. The molecule has 0 fully saturated rings. The molecule has 0 saturated heterocycles. The van der Waals surface area contributed by atoms with Gasteiger partial charge in [0.1, 0.15) is 0 Å². The van der Waals surface area contributed by atoms with Crippen LogP contribution in [0.2, 0.25) is 0 Å². The Kier molecular flexibility index (Phi) is 3.96. The Morgan fingerprint density at radius 2 is 1.73 bits per heavy atom. The van der Waals surface area contributed by atoms with Crippen molar-refractivity contribution in [2.24, 2.45) is 0 Å². The van der Waals surface area contributed by atoms with Crippen molar-refractivity contribution in [1.82, 2.24) is 0 Å². The number of aliphatic hydroxyl groups is 3. The zero-order valence-electron chi connectivity index (χ0n) is 8.26. The van der Waals surface area contributed by atoms with E-state index in [0.717, 1.165) is 0 Å². The highest BCUT2D eigenvalue weighted by Gasteiger charge is 2.18. The first-order chi connectivity index (χ1) is 6.99. The summed E-state index contributed by atoms with van der Waals surface area (Å²) in [4.78, 5) is 11.5. The molecule has 0 aliphatic heterocycles. The van der Waals surface area contributed by atoms with Crippen LogP contribution in [0.1, 0.15) is 29.6 Å². The molecule has 0 heterocycles. The fraction of sp³-hybridized carbons (Fsp3) is 0.364. The third kappa shape index (κ3) is 4.69. The fourth-order valence-corrected chi connectivity index (χ4v) is 1.25. The summed E-state index contributed by atoms with van der Waals surface area (Å²) >= 11 is 0. The van der Waals surface area contributed by atoms with E-state index in [4.69, 9.17) is 15.3 Å². The van der Waals surface area contributed by atoms with E-state index in [9.17, 15) is 4.79 Å². The Labute approximate surface area is 87.8 Å². The first kappa shape index (κ1) is 11.8. The van der Waals surface area contributed by atoms with Gasteiger partial charge in [0, 0.05) is 18.4 Å². The van der Waals surface area contributed by atoms with Crippen molar-refractivity contribution in [2.75, 3.05) is 0 Å². The lowest BCUT2D eigenvalue weighted by Crippen LogP contribution is -2.26. The van der Waals surface area contributed by atoms with Crippen molar-refractivity contribution in [3.05, 3.63) is 35.9 Å². The van der Waals surface area contributed by atoms with Crippen molar-refractivity contribution < 1.29 is 20.1 Å². The highest BCUT2D eigenvalue weighted by Crippen LogP contribution is 2.10. The lowest BCUT2D eigenvalue weighted by atomic mass is 10.1. The number of hydrogen-bond acceptors (Lipinski definition) is 4. The summed E-state index contributed by atoms with van der Waals surface area (Å²) in [7, 11) is 0. The molecule has 1 aromatic carbocycles. The van der Waals surface area contributed by atoms with Gasteiger partial charge >= 0.3 is 0 Å². The SMILES string of the molecule is O=C(CCCC(O)(O)O)c1ccccc1. The summed E-state index contributed by atoms with van der Waals surface area (Å²) in [6.45, 7) is 0. The summed E-state index contributed by atoms with van der Waals surface area (Å²) in [6.07, 6.45) is 0.191. The summed E-state index contributed by atoms with van der Waals surface area (Å²) in [5.74, 6) is -2.74. The van der Waals surface area contributed by atoms with Crippen LogP contribution in [0.25, 0.3) is 0 Å². The molecule has 0 bridgehead atoms. The molecule has 0 spiro atoms. The number of hydrogen-bond donors (Lipinski definition) is 3. The number of Topliss-reactive ketones (excluding diaryl/α,β-unsaturated/α-hetero) is 1. The highest BCUT2D eigenvalue weighted by atomic mass is 16.7. The van der Waals surface area contributed by atoms with Crippen LogP contribution in [-0.2, 0) is 0 Å². The minimum absolute atomic E-state index is 0.0696. The summed E-state index contributed by atoms with van der Waals surface area (Å²) in [5.41, 5.74) is 0.594. The van der Waals surface area contributed by atoms with Crippen molar-refractivity contribution >= 4 is 5.78 Å². The highest BCUT2D eigenvalue weighted by molar-refractivity contribution is 5.95. The van der Waals surface area contributed by atoms with E-state index in [-0.39, 0.29) is 25.0 Å². The van der Waals surface area contributed by atoms with Crippen LogP contribution in [0.5, 0.6) is 0 Å². The van der Waals surface area contributed by atoms with Crippen molar-refractivity contribution in [1.29, 1.82) is 0 Å². The van der Waals surface area contributed by atoms with E-state index in [1.54, 1.807) is 24.3 Å². The van der Waals surface area contributed by atoms with Gasteiger partial charge in [-0.15, -0.1) is 0 Å². The normalized spacial score (nSPS) is 11.4. The molecule has 0 unspecified atom stereocenters. The zero-order chi connectivity index (χ0) is 11.3. The molecule has 0 amide bonds. The average Bonchev–Trinajstić information content (AvgIpc) is 2.17. The van der Waals surface area contributed by atoms with Gasteiger partial charge in [-0.3, -0.25) is 4.79 Å². The second-order valence-electron chi connectivity index (χ2n) is 3.42. The molecule has 1 aromatic rings. The van der Waals surface area contributed by atoms with Gasteiger partial charge in [-0.1, -0.05) is 30.3 Å². The first-order valence-corrected chi connectivity index (χ1v) is 4.74. The minimum atomic E-state index is -2.67. The van der Waals surface area contributed by atoms with Crippen LogP contribution in [0.15, 0.2) is 30.3 Å². The molecule has 3 N–H and O–H groups in total. The standard InChI is InChI=1S/C11H14O4/c12-10(7-4-8-11(13,14)15)9-5-2-1-3-6-9/h1-3,5-6,13-15H,4,7-8H2. The van der Waals surface area contributed by atoms with E-state index in [0.29, 0.717) is 5.56 Å². The molecule has 15 heavy (non-hydrogen) atoms. The monoisotopic (exact) mass is 210 g/mol. The zero-order valence-corrected chi connectivity index (χ0v) is 8.26. The van der Waals surface area contributed by atoms with Crippen LogP contribution in [-0.4, -0.2) is 27.1 Å². The smallest absolute Gasteiger partial charge is 0.275 e. The topological polar surface area (TPSA) is 77.8 Å². The molecule has 82 valence electrons. The number of rotatable bonds is 5. The van der Waals surface area contributed by atoms with Gasteiger partial charge < -0.3 is 15.3 Å². The minimum Gasteiger partial charge on any atom is -0.344 e. The number of carbonyl (C=O) groups excluding carboxylic acids is 1. The second-order valence-corrected chi connectivity index (χ2v) is 3.42. The van der Waals surface area contributed by atoms with Gasteiger partial charge in [0.2, 0.25) is 0 Å². The van der Waals surface area contributed by atoms with Crippen LogP contribution in [0, 0.1) is 0 Å². The van der Waals surface area contributed by atoms with Crippen LogP contribution < -0.4 is 0 Å². The molecular weight excluding hydrogens is 196 g/mol. The van der Waals surface area contributed by atoms with Gasteiger partial charge in [0.15, 0.2) is 5.78 Å². The maximum absolute atomic E-state index is 11.5. The van der Waals surface area contributed by atoms with Gasteiger partial charge in [-0.2, -0.15) is 0 Å². The third-order valence-corrected chi connectivity index (χ3v) is 2.01. The summed E-state index contributed by atoms with van der Waals surface area (Å²) in [5, 5.41) is 25.8. The third-order valence-electron chi connectivity index (χ3n) is 2.01. The van der Waals surface area contributed by atoms with Crippen LogP contribution in [0.3, 0.4) is 0 Å². The lowest BCUT2D eigenvalue weighted by Gasteiger charge is -2.12.